The number of methoxy groups -OCH3 is 1. The van der Waals surface area contributed by atoms with E-state index in [4.69, 9.17) is 11.6 Å². The van der Waals surface area contributed by atoms with Crippen LogP contribution >= 0.6 is 11.6 Å². The lowest BCUT2D eigenvalue weighted by atomic mass is 9.87. The summed E-state index contributed by atoms with van der Waals surface area (Å²) < 4.78 is 86.8. The van der Waals surface area contributed by atoms with Gasteiger partial charge in [-0.05, 0) is 30.9 Å². The third kappa shape index (κ3) is 6.74. The Morgan fingerprint density at radius 2 is 1.88 bits per heavy atom. The van der Waals surface area contributed by atoms with E-state index in [-0.39, 0.29) is 49.4 Å². The van der Waals surface area contributed by atoms with Gasteiger partial charge in [0.1, 0.15) is 17.1 Å². The van der Waals surface area contributed by atoms with Crippen molar-refractivity contribution in [1.29, 1.82) is 0 Å². The van der Waals surface area contributed by atoms with E-state index in [0.29, 0.717) is 6.20 Å². The van der Waals surface area contributed by atoms with Gasteiger partial charge in [-0.2, -0.15) is 18.3 Å². The Bertz CT molecular complexity index is 1030. The summed E-state index contributed by atoms with van der Waals surface area (Å²) in [6.07, 6.45) is -4.66. The second-order valence-electron chi connectivity index (χ2n) is 7.44. The van der Waals surface area contributed by atoms with Crippen molar-refractivity contribution in [1.82, 2.24) is 9.78 Å². The van der Waals surface area contributed by atoms with Crippen molar-refractivity contribution >= 4 is 28.4 Å². The molecule has 1 aliphatic carbocycles. The van der Waals surface area contributed by atoms with Gasteiger partial charge in [0.05, 0.1) is 24.6 Å². The first-order valence-electron chi connectivity index (χ1n) is 10.5. The number of ether oxygens (including phenoxy) is 1. The lowest BCUT2D eigenvalue weighted by molar-refractivity contribution is -0.137. The van der Waals surface area contributed by atoms with Crippen molar-refractivity contribution in [2.24, 2.45) is 10.9 Å². The van der Waals surface area contributed by atoms with Gasteiger partial charge in [-0.25, -0.2) is 23.0 Å². The Balaban J connectivity index is 0.00000199. The second-order valence-corrected chi connectivity index (χ2v) is 7.80. The topological polar surface area (TPSA) is 56.5 Å². The minimum absolute atomic E-state index is 0.0527. The van der Waals surface area contributed by atoms with Crippen molar-refractivity contribution in [2.45, 2.75) is 58.2 Å². The first-order chi connectivity index (χ1) is 15.9. The summed E-state index contributed by atoms with van der Waals surface area (Å²) >= 11 is 6.10. The van der Waals surface area contributed by atoms with Crippen LogP contribution < -0.4 is 0 Å². The minimum Gasteiger partial charge on any atom is -0.465 e. The maximum absolute atomic E-state index is 14.1. The van der Waals surface area contributed by atoms with Gasteiger partial charge in [0, 0.05) is 25.5 Å². The summed E-state index contributed by atoms with van der Waals surface area (Å²) in [5.41, 5.74) is -2.22. The molecule has 12 heteroatoms. The number of aromatic nitrogens is 2. The highest BCUT2D eigenvalue weighted by Gasteiger charge is 2.39. The molecule has 0 unspecified atom stereocenters. The molecule has 1 aromatic carbocycles. The fourth-order valence-corrected chi connectivity index (χ4v) is 3.79. The standard InChI is InChI=1S/C20H18ClF6N3O2.C2H6/c1-32-18(31)13-3-2-12(8-15(13)22)29-17(21)16-14(20(25,26)27)9-28-30(16)10-11-4-6-19(23,24)7-5-11;1-2/h2-3,8-9,11H,4-7,10H2,1H3;1-2H3. The highest BCUT2D eigenvalue weighted by Crippen LogP contribution is 2.38. The fraction of sp³-hybridized carbons (Fsp3) is 0.500. The van der Waals surface area contributed by atoms with Gasteiger partial charge in [-0.15, -0.1) is 0 Å². The normalized spacial score (nSPS) is 16.6. The van der Waals surface area contributed by atoms with Gasteiger partial charge in [0.25, 0.3) is 0 Å². The van der Waals surface area contributed by atoms with E-state index < -0.39 is 40.3 Å². The molecule has 2 aromatic rings. The first kappa shape index (κ1) is 27.7. The molecule has 0 N–H and O–H groups in total. The van der Waals surface area contributed by atoms with E-state index in [9.17, 15) is 31.1 Å². The van der Waals surface area contributed by atoms with Crippen LogP contribution in [-0.2, 0) is 17.5 Å². The van der Waals surface area contributed by atoms with Crippen LogP contribution in [-0.4, -0.2) is 34.0 Å². The monoisotopic (exact) mass is 511 g/mol. The molecule has 1 aromatic heterocycles. The predicted octanol–water partition coefficient (Wildman–Crippen LogP) is 7.00. The molecule has 1 heterocycles. The largest absolute Gasteiger partial charge is 0.465 e. The maximum Gasteiger partial charge on any atom is 0.420 e. The Labute approximate surface area is 197 Å². The molecule has 0 radical (unpaired) electrons. The molecule has 0 aliphatic heterocycles. The summed E-state index contributed by atoms with van der Waals surface area (Å²) in [5, 5.41) is 3.14. The van der Waals surface area contributed by atoms with E-state index >= 15 is 0 Å². The molecule has 5 nitrogen and oxygen atoms in total. The molecule has 188 valence electrons. The Hall–Kier alpha value is -2.56. The molecule has 1 fully saturated rings. The lowest BCUT2D eigenvalue weighted by Crippen LogP contribution is -2.28. The number of alkyl halides is 5. The van der Waals surface area contributed by atoms with Crippen LogP contribution in [0.4, 0.5) is 32.0 Å². The van der Waals surface area contributed by atoms with Gasteiger partial charge in [-0.1, -0.05) is 25.4 Å². The van der Waals surface area contributed by atoms with E-state index in [1.165, 1.54) is 6.07 Å². The summed E-state index contributed by atoms with van der Waals surface area (Å²) in [6, 6.07) is 3.08. The average Bonchev–Trinajstić information content (AvgIpc) is 3.20. The number of benzene rings is 1. The van der Waals surface area contributed by atoms with Crippen molar-refractivity contribution in [3.8, 4) is 0 Å². The van der Waals surface area contributed by atoms with Crippen LogP contribution in [0.5, 0.6) is 0 Å². The van der Waals surface area contributed by atoms with E-state index in [0.717, 1.165) is 23.9 Å². The molecular formula is C22H24ClF6N3O2. The van der Waals surface area contributed by atoms with Gasteiger partial charge >= 0.3 is 12.1 Å². The van der Waals surface area contributed by atoms with Crippen LogP contribution in [0.1, 0.15) is 61.1 Å². The third-order valence-electron chi connectivity index (χ3n) is 5.19. The molecule has 0 amide bonds. The van der Waals surface area contributed by atoms with Crippen molar-refractivity contribution in [3.05, 3.63) is 47.0 Å². The smallest absolute Gasteiger partial charge is 0.420 e. The third-order valence-corrected chi connectivity index (χ3v) is 5.46. The number of aliphatic imine (C=N–C) groups is 1. The summed E-state index contributed by atoms with van der Waals surface area (Å²) in [6.45, 7) is 3.95. The van der Waals surface area contributed by atoms with Gasteiger partial charge in [0.15, 0.2) is 5.17 Å². The van der Waals surface area contributed by atoms with Crippen LogP contribution in [0, 0.1) is 11.7 Å². The molecule has 0 saturated heterocycles. The second kappa shape index (κ2) is 11.2. The minimum atomic E-state index is -4.80. The van der Waals surface area contributed by atoms with Gasteiger partial charge in [-0.3, -0.25) is 4.68 Å². The zero-order valence-electron chi connectivity index (χ0n) is 18.7. The number of carbonyl (C=O) groups excluding carboxylic acids is 1. The fourth-order valence-electron chi connectivity index (χ4n) is 3.49. The maximum atomic E-state index is 14.1. The lowest BCUT2D eigenvalue weighted by Gasteiger charge is -2.28. The van der Waals surface area contributed by atoms with Crippen LogP contribution in [0.2, 0.25) is 0 Å². The first-order valence-corrected chi connectivity index (χ1v) is 10.9. The molecular weight excluding hydrogens is 488 g/mol. The highest BCUT2D eigenvalue weighted by atomic mass is 35.5. The molecule has 0 atom stereocenters. The molecule has 1 saturated carbocycles. The Morgan fingerprint density at radius 1 is 1.26 bits per heavy atom. The average molecular weight is 512 g/mol. The van der Waals surface area contributed by atoms with Crippen molar-refractivity contribution in [2.75, 3.05) is 7.11 Å². The van der Waals surface area contributed by atoms with Crippen molar-refractivity contribution < 1.29 is 35.9 Å². The number of halogens is 7. The van der Waals surface area contributed by atoms with Gasteiger partial charge < -0.3 is 4.74 Å². The number of hydrogen-bond acceptors (Lipinski definition) is 4. The van der Waals surface area contributed by atoms with Gasteiger partial charge in [0.2, 0.25) is 5.92 Å². The summed E-state index contributed by atoms with van der Waals surface area (Å²) in [5.74, 6) is -5.01. The molecule has 34 heavy (non-hydrogen) atoms. The number of rotatable bonds is 5. The number of esters is 1. The van der Waals surface area contributed by atoms with E-state index in [2.05, 4.69) is 14.8 Å². The Morgan fingerprint density at radius 3 is 2.41 bits per heavy atom. The zero-order chi connectivity index (χ0) is 25.7. The highest BCUT2D eigenvalue weighted by molar-refractivity contribution is 6.69. The van der Waals surface area contributed by atoms with Crippen molar-refractivity contribution in [3.63, 3.8) is 0 Å². The Kier molecular flexibility index (Phi) is 9.15. The molecule has 0 bridgehead atoms. The summed E-state index contributed by atoms with van der Waals surface area (Å²) in [7, 11) is 1.07. The van der Waals surface area contributed by atoms with E-state index in [1.807, 2.05) is 13.8 Å². The predicted molar refractivity (Wildman–Crippen MR) is 115 cm³/mol. The molecule has 1 aliphatic rings. The number of nitrogens with zero attached hydrogens (tertiary/aromatic N) is 3. The number of carbonyl (C=O) groups is 1. The SMILES string of the molecule is CC.COC(=O)c1ccc(N=C(Cl)c2c(C(F)(F)F)cnn2CC2CCC(F)(F)CC2)cc1F. The number of hydrogen-bond donors (Lipinski definition) is 0. The molecule has 3 rings (SSSR count). The zero-order valence-corrected chi connectivity index (χ0v) is 19.5. The summed E-state index contributed by atoms with van der Waals surface area (Å²) in [4.78, 5) is 15.3. The quantitative estimate of drug-likeness (QED) is 0.247. The molecule has 0 spiro atoms. The van der Waals surface area contributed by atoms with Crippen LogP contribution in [0.25, 0.3) is 0 Å². The van der Waals surface area contributed by atoms with Crippen LogP contribution in [0.15, 0.2) is 29.4 Å². The van der Waals surface area contributed by atoms with E-state index in [1.54, 1.807) is 0 Å². The van der Waals surface area contributed by atoms with Crippen LogP contribution in [0.3, 0.4) is 0 Å².